The Morgan fingerprint density at radius 2 is 1.95 bits per heavy atom. The molecule has 6 heteroatoms. The lowest BCUT2D eigenvalue weighted by atomic mass is 10.2. The van der Waals surface area contributed by atoms with Crippen LogP contribution in [0.2, 0.25) is 5.02 Å². The number of carbonyl (C=O) groups excluding carboxylic acids is 1. The first-order valence-corrected chi connectivity index (χ1v) is 6.01. The lowest BCUT2D eigenvalue weighted by Gasteiger charge is -2.03. The van der Waals surface area contributed by atoms with Crippen molar-refractivity contribution in [2.75, 3.05) is 0 Å². The number of aromatic hydroxyl groups is 1. The fraction of sp³-hybridized carbons (Fsp3) is 0. The third-order valence-electron chi connectivity index (χ3n) is 2.45. The highest BCUT2D eigenvalue weighted by atomic mass is 35.5. The van der Waals surface area contributed by atoms with Crippen molar-refractivity contribution in [2.24, 2.45) is 5.10 Å². The molecular formula is C14H10ClFN2O2. The molecule has 0 bridgehead atoms. The number of nitrogens with zero attached hydrogens (tertiary/aromatic N) is 1. The van der Waals surface area contributed by atoms with Gasteiger partial charge in [0.15, 0.2) is 0 Å². The maximum absolute atomic E-state index is 12.7. The molecular weight excluding hydrogens is 283 g/mol. The molecule has 0 atom stereocenters. The van der Waals surface area contributed by atoms with E-state index in [-0.39, 0.29) is 17.1 Å². The number of halogens is 2. The van der Waals surface area contributed by atoms with E-state index in [0.29, 0.717) is 10.6 Å². The highest BCUT2D eigenvalue weighted by Crippen LogP contribution is 2.21. The average Bonchev–Trinajstić information content (AvgIpc) is 2.41. The van der Waals surface area contributed by atoms with Gasteiger partial charge in [-0.3, -0.25) is 4.79 Å². The zero-order chi connectivity index (χ0) is 14.5. The molecule has 4 nitrogen and oxygen atoms in total. The van der Waals surface area contributed by atoms with Crippen molar-refractivity contribution in [2.45, 2.75) is 0 Å². The number of amides is 1. The molecule has 0 aliphatic rings. The Hall–Kier alpha value is -2.40. The second-order valence-electron chi connectivity index (χ2n) is 3.91. The molecule has 0 spiro atoms. The van der Waals surface area contributed by atoms with Crippen molar-refractivity contribution in [1.82, 2.24) is 5.43 Å². The SMILES string of the molecule is O=C(N/N=C/c1ccc(F)cc1)c1ccc(Cl)cc1O. The van der Waals surface area contributed by atoms with Gasteiger partial charge in [-0.1, -0.05) is 23.7 Å². The fourth-order valence-electron chi connectivity index (χ4n) is 1.47. The van der Waals surface area contributed by atoms with Crippen molar-refractivity contribution >= 4 is 23.7 Å². The summed E-state index contributed by atoms with van der Waals surface area (Å²) in [6, 6.07) is 9.75. The predicted octanol–water partition coefficient (Wildman–Crippen LogP) is 2.95. The minimum absolute atomic E-state index is 0.0608. The summed E-state index contributed by atoms with van der Waals surface area (Å²) in [5, 5.41) is 13.6. The van der Waals surface area contributed by atoms with E-state index in [2.05, 4.69) is 10.5 Å². The Morgan fingerprint density at radius 1 is 1.25 bits per heavy atom. The largest absolute Gasteiger partial charge is 0.507 e. The van der Waals surface area contributed by atoms with Gasteiger partial charge < -0.3 is 5.11 Å². The van der Waals surface area contributed by atoms with E-state index < -0.39 is 5.91 Å². The molecule has 0 heterocycles. The van der Waals surface area contributed by atoms with Gasteiger partial charge in [0.25, 0.3) is 5.91 Å². The smallest absolute Gasteiger partial charge is 0.275 e. The van der Waals surface area contributed by atoms with Gasteiger partial charge in [-0.25, -0.2) is 9.82 Å². The quantitative estimate of drug-likeness (QED) is 0.675. The maximum Gasteiger partial charge on any atom is 0.275 e. The minimum atomic E-state index is -0.572. The fourth-order valence-corrected chi connectivity index (χ4v) is 1.64. The average molecular weight is 293 g/mol. The van der Waals surface area contributed by atoms with E-state index in [4.69, 9.17) is 11.6 Å². The summed E-state index contributed by atoms with van der Waals surface area (Å²) in [6.45, 7) is 0. The molecule has 20 heavy (non-hydrogen) atoms. The Bertz CT molecular complexity index is 657. The Kier molecular flexibility index (Phi) is 4.32. The molecule has 0 saturated heterocycles. The van der Waals surface area contributed by atoms with Crippen LogP contribution < -0.4 is 5.43 Å². The zero-order valence-corrected chi connectivity index (χ0v) is 10.9. The Labute approximate surface area is 119 Å². The third-order valence-corrected chi connectivity index (χ3v) is 2.69. The number of nitrogens with one attached hydrogen (secondary N) is 1. The van der Waals surface area contributed by atoms with E-state index >= 15 is 0 Å². The lowest BCUT2D eigenvalue weighted by Crippen LogP contribution is -2.17. The number of carbonyl (C=O) groups is 1. The van der Waals surface area contributed by atoms with Crippen molar-refractivity contribution in [3.8, 4) is 5.75 Å². The summed E-state index contributed by atoms with van der Waals surface area (Å²) >= 11 is 5.67. The summed E-state index contributed by atoms with van der Waals surface area (Å²) in [5.74, 6) is -1.15. The van der Waals surface area contributed by atoms with Crippen LogP contribution in [-0.4, -0.2) is 17.2 Å². The van der Waals surface area contributed by atoms with Crippen LogP contribution in [0.15, 0.2) is 47.6 Å². The number of phenols is 1. The van der Waals surface area contributed by atoms with Gasteiger partial charge in [0.05, 0.1) is 11.8 Å². The second kappa shape index (κ2) is 6.16. The first kappa shape index (κ1) is 14.0. The third kappa shape index (κ3) is 3.55. The number of phenolic OH excluding ortho intramolecular Hbond substituents is 1. The minimum Gasteiger partial charge on any atom is -0.507 e. The van der Waals surface area contributed by atoms with Gasteiger partial charge >= 0.3 is 0 Å². The van der Waals surface area contributed by atoms with Gasteiger partial charge in [0.2, 0.25) is 0 Å². The molecule has 0 aliphatic carbocycles. The standard InChI is InChI=1S/C14H10ClFN2O2/c15-10-3-6-12(13(19)7-10)14(20)18-17-8-9-1-4-11(16)5-2-9/h1-8,19H,(H,18,20)/b17-8+. The Morgan fingerprint density at radius 3 is 2.60 bits per heavy atom. The normalized spacial score (nSPS) is 10.7. The van der Waals surface area contributed by atoms with E-state index in [1.54, 1.807) is 0 Å². The van der Waals surface area contributed by atoms with Crippen LogP contribution in [0.3, 0.4) is 0 Å². The molecule has 0 aromatic heterocycles. The lowest BCUT2D eigenvalue weighted by molar-refractivity contribution is 0.0952. The first-order chi connectivity index (χ1) is 9.56. The number of hydrogen-bond acceptors (Lipinski definition) is 3. The topological polar surface area (TPSA) is 61.7 Å². The van der Waals surface area contributed by atoms with E-state index in [9.17, 15) is 14.3 Å². The second-order valence-corrected chi connectivity index (χ2v) is 4.35. The Balaban J connectivity index is 2.03. The zero-order valence-electron chi connectivity index (χ0n) is 10.2. The molecule has 2 rings (SSSR count). The number of hydrazone groups is 1. The molecule has 0 fully saturated rings. The van der Waals surface area contributed by atoms with Gasteiger partial charge in [0.1, 0.15) is 11.6 Å². The van der Waals surface area contributed by atoms with E-state index in [1.165, 1.54) is 48.7 Å². The van der Waals surface area contributed by atoms with Crippen LogP contribution in [0.5, 0.6) is 5.75 Å². The van der Waals surface area contributed by atoms with Crippen LogP contribution in [-0.2, 0) is 0 Å². The number of benzene rings is 2. The molecule has 0 radical (unpaired) electrons. The van der Waals surface area contributed by atoms with E-state index in [1.807, 2.05) is 0 Å². The summed E-state index contributed by atoms with van der Waals surface area (Å²) in [5.41, 5.74) is 2.95. The first-order valence-electron chi connectivity index (χ1n) is 5.64. The summed E-state index contributed by atoms with van der Waals surface area (Å²) in [7, 11) is 0. The maximum atomic E-state index is 12.7. The van der Waals surface area contributed by atoms with Crippen LogP contribution in [0.4, 0.5) is 4.39 Å². The molecule has 1 amide bonds. The summed E-state index contributed by atoms with van der Waals surface area (Å²) < 4.78 is 12.7. The van der Waals surface area contributed by atoms with Gasteiger partial charge in [-0.15, -0.1) is 0 Å². The molecule has 0 aliphatic heterocycles. The van der Waals surface area contributed by atoms with Gasteiger partial charge in [0, 0.05) is 5.02 Å². The van der Waals surface area contributed by atoms with Gasteiger partial charge in [-0.05, 0) is 35.9 Å². The number of hydrogen-bond donors (Lipinski definition) is 2. The molecule has 102 valence electrons. The molecule has 0 saturated carbocycles. The molecule has 2 aromatic rings. The van der Waals surface area contributed by atoms with Crippen molar-refractivity contribution in [3.05, 3.63) is 64.4 Å². The van der Waals surface area contributed by atoms with E-state index in [0.717, 1.165) is 0 Å². The highest BCUT2D eigenvalue weighted by Gasteiger charge is 2.10. The van der Waals surface area contributed by atoms with Crippen LogP contribution in [0.25, 0.3) is 0 Å². The molecule has 0 unspecified atom stereocenters. The molecule has 2 aromatic carbocycles. The summed E-state index contributed by atoms with van der Waals surface area (Å²) in [6.07, 6.45) is 1.37. The number of rotatable bonds is 3. The van der Waals surface area contributed by atoms with Crippen LogP contribution >= 0.6 is 11.6 Å². The highest BCUT2D eigenvalue weighted by molar-refractivity contribution is 6.30. The van der Waals surface area contributed by atoms with Gasteiger partial charge in [-0.2, -0.15) is 5.10 Å². The monoisotopic (exact) mass is 292 g/mol. The van der Waals surface area contributed by atoms with Crippen LogP contribution in [0, 0.1) is 5.82 Å². The molecule has 2 N–H and O–H groups in total. The van der Waals surface area contributed by atoms with Crippen LogP contribution in [0.1, 0.15) is 15.9 Å². The van der Waals surface area contributed by atoms with Crippen molar-refractivity contribution < 1.29 is 14.3 Å². The predicted molar refractivity (Wildman–Crippen MR) is 74.6 cm³/mol. The van der Waals surface area contributed by atoms with Crippen molar-refractivity contribution in [1.29, 1.82) is 0 Å². The summed E-state index contributed by atoms with van der Waals surface area (Å²) in [4.78, 5) is 11.7. The van der Waals surface area contributed by atoms with Crippen molar-refractivity contribution in [3.63, 3.8) is 0 Å².